The second kappa shape index (κ2) is 7.19. The molecule has 0 fully saturated rings. The highest BCUT2D eigenvalue weighted by molar-refractivity contribution is 4.37. The molecule has 0 bridgehead atoms. The van der Waals surface area contributed by atoms with Gasteiger partial charge in [0.2, 0.25) is 0 Å². The Kier molecular flexibility index (Phi) is 7.06. The van der Waals surface area contributed by atoms with Gasteiger partial charge in [-0.15, -0.1) is 0 Å². The summed E-state index contributed by atoms with van der Waals surface area (Å²) in [5.74, 6) is 0. The maximum atomic E-state index is 9.72. The van der Waals surface area contributed by atoms with Crippen LogP contribution in [0, 0.1) is 0 Å². The van der Waals surface area contributed by atoms with Crippen LogP contribution in [-0.2, 0) is 4.89 Å². The van der Waals surface area contributed by atoms with E-state index in [4.69, 9.17) is 15.5 Å². The van der Waals surface area contributed by atoms with Crippen LogP contribution in [0.1, 0.15) is 6.42 Å². The third-order valence-electron chi connectivity index (χ3n) is 1.84. The first-order valence-electron chi connectivity index (χ1n) is 4.25. The van der Waals surface area contributed by atoms with Crippen molar-refractivity contribution in [2.24, 2.45) is 0 Å². The Labute approximate surface area is 77.1 Å². The van der Waals surface area contributed by atoms with Crippen LogP contribution < -0.4 is 0 Å². The number of hydrogen-bond donors (Lipinski definition) is 4. The zero-order valence-electron chi connectivity index (χ0n) is 7.59. The highest BCUT2D eigenvalue weighted by atomic mass is 17.1. The molecule has 0 spiro atoms. The molecule has 0 radical (unpaired) electrons. The van der Waals surface area contributed by atoms with E-state index in [0.717, 1.165) is 0 Å². The van der Waals surface area contributed by atoms with E-state index in [1.165, 1.54) is 0 Å². The highest BCUT2D eigenvalue weighted by Crippen LogP contribution is 2.02. The van der Waals surface area contributed by atoms with Crippen LogP contribution >= 0.6 is 0 Å². The third kappa shape index (κ3) is 5.92. The minimum atomic E-state index is -0.393. The average Bonchev–Trinajstić information content (AvgIpc) is 2.05. The monoisotopic (exact) mass is 196 g/mol. The lowest BCUT2D eigenvalue weighted by Crippen LogP contribution is -2.49. The van der Waals surface area contributed by atoms with Gasteiger partial charge in [-0.1, -0.05) is 0 Å². The van der Waals surface area contributed by atoms with E-state index in [9.17, 15) is 5.21 Å². The van der Waals surface area contributed by atoms with Crippen molar-refractivity contribution in [1.82, 2.24) is 0 Å². The van der Waals surface area contributed by atoms with E-state index in [0.29, 0.717) is 13.0 Å². The van der Waals surface area contributed by atoms with Crippen molar-refractivity contribution >= 4 is 0 Å². The van der Waals surface area contributed by atoms with Crippen LogP contribution in [0.25, 0.3) is 0 Å². The van der Waals surface area contributed by atoms with Crippen molar-refractivity contribution < 1.29 is 30.2 Å². The summed E-state index contributed by atoms with van der Waals surface area (Å²) in [6.45, 7) is 0.532. The summed E-state index contributed by atoms with van der Waals surface area (Å²) in [6.07, 6.45) is 0.465. The van der Waals surface area contributed by atoms with E-state index in [2.05, 4.69) is 4.89 Å². The summed E-state index contributed by atoms with van der Waals surface area (Å²) < 4.78 is -0.393. The number of hydroxylamine groups is 3. The summed E-state index contributed by atoms with van der Waals surface area (Å²) in [7, 11) is 0. The minimum absolute atomic E-state index is 0.136. The van der Waals surface area contributed by atoms with Gasteiger partial charge >= 0.3 is 0 Å². The van der Waals surface area contributed by atoms with E-state index in [1.54, 1.807) is 0 Å². The first kappa shape index (κ1) is 12.8. The first-order chi connectivity index (χ1) is 6.18. The quantitative estimate of drug-likeness (QED) is 0.174. The van der Waals surface area contributed by atoms with Crippen molar-refractivity contribution in [2.45, 2.75) is 6.42 Å². The van der Waals surface area contributed by atoms with Crippen LogP contribution in [-0.4, -0.2) is 64.8 Å². The summed E-state index contributed by atoms with van der Waals surface area (Å²) in [5, 5.41) is 35.0. The molecule has 0 aromatic rings. The van der Waals surface area contributed by atoms with Gasteiger partial charge in [-0.25, -0.2) is 10.1 Å². The van der Waals surface area contributed by atoms with Crippen molar-refractivity contribution in [3.8, 4) is 0 Å². The zero-order chi connectivity index (χ0) is 10.2. The van der Waals surface area contributed by atoms with Gasteiger partial charge < -0.3 is 10.2 Å². The predicted octanol–water partition coefficient (Wildman–Crippen LogP) is -0.943. The molecule has 6 heteroatoms. The molecule has 0 amide bonds. The van der Waals surface area contributed by atoms with Crippen molar-refractivity contribution in [1.29, 1.82) is 0 Å². The first-order valence-corrected chi connectivity index (χ1v) is 4.25. The summed E-state index contributed by atoms with van der Waals surface area (Å²) in [5.41, 5.74) is 0. The van der Waals surface area contributed by atoms with Crippen molar-refractivity contribution in [3.05, 3.63) is 0 Å². The second-order valence-corrected chi connectivity index (χ2v) is 2.90. The molecule has 0 unspecified atom stereocenters. The van der Waals surface area contributed by atoms with Gasteiger partial charge in [-0.05, 0) is 0 Å². The second-order valence-electron chi connectivity index (χ2n) is 2.90. The zero-order valence-corrected chi connectivity index (χ0v) is 7.59. The smallest absolute Gasteiger partial charge is 0.132 e. The molecule has 0 heterocycles. The molecule has 0 aliphatic rings. The standard InChI is InChI=1S/C7H17NO5/c9-5-3-8(11,4-6-10)2-1-7-13-12/h9-11H,1-7H2/p+1. The van der Waals surface area contributed by atoms with Crippen LogP contribution in [0.15, 0.2) is 0 Å². The number of aliphatic hydroxyl groups is 2. The molecule has 0 aromatic carbocycles. The van der Waals surface area contributed by atoms with E-state index in [1.807, 2.05) is 0 Å². The molecule has 0 aliphatic heterocycles. The van der Waals surface area contributed by atoms with Gasteiger partial charge in [0.25, 0.3) is 0 Å². The molecule has 0 aliphatic carbocycles. The van der Waals surface area contributed by atoms with Crippen LogP contribution in [0.4, 0.5) is 0 Å². The normalized spacial score (nSPS) is 12.0. The Morgan fingerprint density at radius 2 is 1.54 bits per heavy atom. The van der Waals surface area contributed by atoms with Crippen molar-refractivity contribution in [2.75, 3.05) is 39.5 Å². The number of hydrogen-bond acceptors (Lipinski definition) is 5. The fourth-order valence-electron chi connectivity index (χ4n) is 1.13. The molecule has 0 atom stereocenters. The molecule has 80 valence electrons. The largest absolute Gasteiger partial charge is 0.390 e. The molecule has 0 aromatic heterocycles. The Bertz CT molecular complexity index is 115. The summed E-state index contributed by atoms with van der Waals surface area (Å²) in [4.78, 5) is 3.85. The van der Waals surface area contributed by atoms with E-state index >= 15 is 0 Å². The average molecular weight is 196 g/mol. The van der Waals surface area contributed by atoms with Gasteiger partial charge in [-0.2, -0.15) is 4.65 Å². The summed E-state index contributed by atoms with van der Waals surface area (Å²) in [6, 6.07) is 0. The van der Waals surface area contributed by atoms with Gasteiger partial charge in [0.1, 0.15) is 19.6 Å². The molecule has 6 nitrogen and oxygen atoms in total. The maximum Gasteiger partial charge on any atom is 0.132 e. The fourth-order valence-corrected chi connectivity index (χ4v) is 1.13. The lowest BCUT2D eigenvalue weighted by Gasteiger charge is -2.28. The number of aliphatic hydroxyl groups excluding tert-OH is 2. The molecule has 13 heavy (non-hydrogen) atoms. The van der Waals surface area contributed by atoms with E-state index < -0.39 is 4.65 Å². The topological polar surface area (TPSA) is 90.2 Å². The van der Waals surface area contributed by atoms with Crippen LogP contribution in [0.5, 0.6) is 0 Å². The molecular formula is C7H18NO5+. The maximum absolute atomic E-state index is 9.72. The number of nitrogens with zero attached hydrogens (tertiary/aromatic N) is 1. The van der Waals surface area contributed by atoms with Gasteiger partial charge in [0.05, 0.1) is 19.8 Å². The Morgan fingerprint density at radius 3 is 1.92 bits per heavy atom. The Hall–Kier alpha value is -0.240. The predicted molar refractivity (Wildman–Crippen MR) is 44.0 cm³/mol. The Balaban J connectivity index is 3.76. The molecule has 0 rings (SSSR count). The highest BCUT2D eigenvalue weighted by Gasteiger charge is 2.23. The third-order valence-corrected chi connectivity index (χ3v) is 1.84. The lowest BCUT2D eigenvalue weighted by atomic mass is 10.3. The molecule has 0 saturated heterocycles. The van der Waals surface area contributed by atoms with Crippen LogP contribution in [0.3, 0.4) is 0 Å². The molecule has 0 saturated carbocycles. The number of quaternary nitrogens is 1. The minimum Gasteiger partial charge on any atom is -0.390 e. The van der Waals surface area contributed by atoms with Crippen LogP contribution in [0.2, 0.25) is 0 Å². The van der Waals surface area contributed by atoms with E-state index in [-0.39, 0.29) is 32.9 Å². The van der Waals surface area contributed by atoms with Crippen molar-refractivity contribution in [3.63, 3.8) is 0 Å². The van der Waals surface area contributed by atoms with Gasteiger partial charge in [-0.3, -0.25) is 5.26 Å². The SMILES string of the molecule is OCC[N+](O)(CCO)CCCOO. The van der Waals surface area contributed by atoms with Gasteiger partial charge in [0, 0.05) is 6.42 Å². The molecule has 4 N–H and O–H groups in total. The fraction of sp³-hybridized carbons (Fsp3) is 1.00. The lowest BCUT2D eigenvalue weighted by molar-refractivity contribution is -1.10. The van der Waals surface area contributed by atoms with Gasteiger partial charge in [0.15, 0.2) is 0 Å². The number of rotatable bonds is 8. The summed E-state index contributed by atoms with van der Waals surface area (Å²) >= 11 is 0. The molecular weight excluding hydrogens is 178 g/mol. The Morgan fingerprint density at radius 1 is 1.00 bits per heavy atom.